The molecule has 1 unspecified atom stereocenters. The van der Waals surface area contributed by atoms with Crippen molar-refractivity contribution < 1.29 is 9.53 Å². The van der Waals surface area contributed by atoms with Gasteiger partial charge in [-0.3, -0.25) is 19.1 Å². The number of para-hydroxylation sites is 1. The molecule has 1 aliphatic rings. The molecule has 7 nitrogen and oxygen atoms in total. The van der Waals surface area contributed by atoms with Gasteiger partial charge in [0.15, 0.2) is 0 Å². The highest BCUT2D eigenvalue weighted by Crippen LogP contribution is 2.31. The van der Waals surface area contributed by atoms with Crippen molar-refractivity contribution in [1.29, 1.82) is 0 Å². The highest BCUT2D eigenvalue weighted by molar-refractivity contribution is 5.76. The molecule has 1 aromatic carbocycles. The van der Waals surface area contributed by atoms with Gasteiger partial charge in [-0.25, -0.2) is 4.79 Å². The molecule has 0 saturated heterocycles. The van der Waals surface area contributed by atoms with Crippen LogP contribution < -0.4 is 21.3 Å². The van der Waals surface area contributed by atoms with Gasteiger partial charge in [-0.15, -0.1) is 0 Å². The van der Waals surface area contributed by atoms with E-state index in [1.807, 2.05) is 24.3 Å². The predicted octanol–water partition coefficient (Wildman–Crippen LogP) is 0.177. The maximum absolute atomic E-state index is 12.1. The van der Waals surface area contributed by atoms with Crippen LogP contribution >= 0.6 is 0 Å². The summed E-state index contributed by atoms with van der Waals surface area (Å²) in [5.41, 5.74) is -0.161. The number of benzene rings is 1. The van der Waals surface area contributed by atoms with E-state index in [0.29, 0.717) is 13.0 Å². The number of ether oxygens (including phenoxy) is 1. The summed E-state index contributed by atoms with van der Waals surface area (Å²) < 4.78 is 6.69. The summed E-state index contributed by atoms with van der Waals surface area (Å²) in [6, 6.07) is 8.60. The Labute approximate surface area is 125 Å². The van der Waals surface area contributed by atoms with Gasteiger partial charge in [0.1, 0.15) is 12.3 Å². The van der Waals surface area contributed by atoms with Crippen molar-refractivity contribution in [2.24, 2.45) is 0 Å². The first-order chi connectivity index (χ1) is 10.6. The summed E-state index contributed by atoms with van der Waals surface area (Å²) in [7, 11) is 0. The average molecular weight is 301 g/mol. The third kappa shape index (κ3) is 2.93. The fourth-order valence-electron chi connectivity index (χ4n) is 2.46. The molecule has 2 aromatic rings. The molecule has 22 heavy (non-hydrogen) atoms. The van der Waals surface area contributed by atoms with Crippen LogP contribution in [0.15, 0.2) is 46.1 Å². The number of hydrogen-bond donors (Lipinski definition) is 2. The van der Waals surface area contributed by atoms with E-state index in [2.05, 4.69) is 10.3 Å². The molecular weight excluding hydrogens is 286 g/mol. The molecule has 3 rings (SSSR count). The fraction of sp³-hybridized carbons (Fsp3) is 0.267. The number of amides is 1. The first-order valence-corrected chi connectivity index (χ1v) is 6.94. The summed E-state index contributed by atoms with van der Waals surface area (Å²) in [5.74, 6) is 0.469. The van der Waals surface area contributed by atoms with Crippen molar-refractivity contribution in [3.63, 3.8) is 0 Å². The molecular formula is C15H15N3O4. The second kappa shape index (κ2) is 5.88. The van der Waals surface area contributed by atoms with Gasteiger partial charge >= 0.3 is 5.69 Å². The zero-order chi connectivity index (χ0) is 15.5. The molecule has 0 spiro atoms. The van der Waals surface area contributed by atoms with Crippen molar-refractivity contribution >= 4 is 5.91 Å². The minimum Gasteiger partial charge on any atom is -0.493 e. The summed E-state index contributed by atoms with van der Waals surface area (Å²) in [6.07, 6.45) is 1.97. The maximum atomic E-state index is 12.1. The van der Waals surface area contributed by atoms with Crippen molar-refractivity contribution in [1.82, 2.24) is 14.9 Å². The number of H-pyrrole nitrogens is 1. The topological polar surface area (TPSA) is 93.2 Å². The van der Waals surface area contributed by atoms with Gasteiger partial charge in [0.05, 0.1) is 12.6 Å². The fourth-order valence-corrected chi connectivity index (χ4v) is 2.46. The van der Waals surface area contributed by atoms with E-state index < -0.39 is 11.2 Å². The average Bonchev–Trinajstić information content (AvgIpc) is 2.50. The molecule has 7 heteroatoms. The van der Waals surface area contributed by atoms with E-state index in [1.165, 1.54) is 12.3 Å². The molecule has 114 valence electrons. The van der Waals surface area contributed by atoms with Gasteiger partial charge in [-0.05, 0) is 6.07 Å². The summed E-state index contributed by atoms with van der Waals surface area (Å²) in [4.78, 5) is 36.8. The van der Waals surface area contributed by atoms with Crippen LogP contribution in [0.1, 0.15) is 18.0 Å². The lowest BCUT2D eigenvalue weighted by Crippen LogP contribution is -2.38. The van der Waals surface area contributed by atoms with Crippen LogP contribution in [-0.2, 0) is 11.3 Å². The van der Waals surface area contributed by atoms with Crippen LogP contribution in [0.25, 0.3) is 0 Å². The first-order valence-electron chi connectivity index (χ1n) is 6.94. The van der Waals surface area contributed by atoms with Crippen LogP contribution in [0, 0.1) is 0 Å². The minimum absolute atomic E-state index is 0.143. The number of carbonyl (C=O) groups excluding carboxylic acids is 1. The Morgan fingerprint density at radius 2 is 2.14 bits per heavy atom. The van der Waals surface area contributed by atoms with Gasteiger partial charge in [0, 0.05) is 24.2 Å². The standard InChI is InChI=1S/C15H15N3O4/c19-13-5-7-18(15(21)17-13)9-14(20)16-11-6-8-22-12-4-2-1-3-10(11)12/h1-5,7,11H,6,8-9H2,(H,16,20)(H,17,19,21). The Bertz CT molecular complexity index is 809. The SMILES string of the molecule is O=C(Cn1ccc(=O)[nH]c1=O)NC1CCOc2ccccc21. The molecule has 0 fully saturated rings. The number of nitrogens with one attached hydrogen (secondary N) is 2. The quantitative estimate of drug-likeness (QED) is 0.845. The van der Waals surface area contributed by atoms with Crippen LogP contribution in [0.2, 0.25) is 0 Å². The van der Waals surface area contributed by atoms with E-state index in [0.717, 1.165) is 15.9 Å². The molecule has 2 heterocycles. The van der Waals surface area contributed by atoms with Crippen molar-refractivity contribution in [2.45, 2.75) is 19.0 Å². The molecule has 1 aliphatic heterocycles. The maximum Gasteiger partial charge on any atom is 0.328 e. The second-order valence-corrected chi connectivity index (χ2v) is 5.03. The third-order valence-electron chi connectivity index (χ3n) is 3.50. The summed E-state index contributed by atoms with van der Waals surface area (Å²) in [5, 5.41) is 2.89. The number of rotatable bonds is 3. The lowest BCUT2D eigenvalue weighted by molar-refractivity contribution is -0.122. The zero-order valence-corrected chi connectivity index (χ0v) is 11.7. The Kier molecular flexibility index (Phi) is 3.78. The van der Waals surface area contributed by atoms with Crippen LogP contribution in [0.3, 0.4) is 0 Å². The Morgan fingerprint density at radius 1 is 1.32 bits per heavy atom. The Morgan fingerprint density at radius 3 is 2.95 bits per heavy atom. The Hall–Kier alpha value is -2.83. The van der Waals surface area contributed by atoms with Gasteiger partial charge < -0.3 is 10.1 Å². The smallest absolute Gasteiger partial charge is 0.328 e. The van der Waals surface area contributed by atoms with Crippen molar-refractivity contribution in [2.75, 3.05) is 6.61 Å². The minimum atomic E-state index is -0.602. The first kappa shape index (κ1) is 14.1. The van der Waals surface area contributed by atoms with E-state index in [1.54, 1.807) is 0 Å². The molecule has 0 bridgehead atoms. The van der Waals surface area contributed by atoms with Gasteiger partial charge in [-0.1, -0.05) is 18.2 Å². The molecule has 0 radical (unpaired) electrons. The van der Waals surface area contributed by atoms with Crippen molar-refractivity contribution in [3.05, 3.63) is 62.9 Å². The number of hydrogen-bond acceptors (Lipinski definition) is 4. The molecule has 0 aliphatic carbocycles. The summed E-state index contributed by atoms with van der Waals surface area (Å²) >= 11 is 0. The lowest BCUT2D eigenvalue weighted by atomic mass is 10.0. The molecule has 1 amide bonds. The highest BCUT2D eigenvalue weighted by Gasteiger charge is 2.22. The predicted molar refractivity (Wildman–Crippen MR) is 78.8 cm³/mol. The molecule has 2 N–H and O–H groups in total. The highest BCUT2D eigenvalue weighted by atomic mass is 16.5. The van der Waals surface area contributed by atoms with Crippen molar-refractivity contribution in [3.8, 4) is 5.75 Å². The zero-order valence-electron chi connectivity index (χ0n) is 11.7. The number of aromatic nitrogens is 2. The second-order valence-electron chi connectivity index (χ2n) is 5.03. The number of nitrogens with zero attached hydrogens (tertiary/aromatic N) is 1. The number of fused-ring (bicyclic) bond motifs is 1. The number of aromatic amines is 1. The van der Waals surface area contributed by atoms with Gasteiger partial charge in [0.25, 0.3) is 5.56 Å². The van der Waals surface area contributed by atoms with Gasteiger partial charge in [0.2, 0.25) is 5.91 Å². The lowest BCUT2D eigenvalue weighted by Gasteiger charge is -2.26. The normalized spacial score (nSPS) is 16.5. The van der Waals surface area contributed by atoms with E-state index in [4.69, 9.17) is 4.74 Å². The van der Waals surface area contributed by atoms with Crippen LogP contribution in [0.5, 0.6) is 5.75 Å². The van der Waals surface area contributed by atoms with E-state index in [-0.39, 0.29) is 18.5 Å². The van der Waals surface area contributed by atoms with E-state index >= 15 is 0 Å². The summed E-state index contributed by atoms with van der Waals surface area (Å²) in [6.45, 7) is 0.385. The largest absolute Gasteiger partial charge is 0.493 e. The van der Waals surface area contributed by atoms with Gasteiger partial charge in [-0.2, -0.15) is 0 Å². The molecule has 0 saturated carbocycles. The number of carbonyl (C=O) groups is 1. The van der Waals surface area contributed by atoms with Crippen LogP contribution in [-0.4, -0.2) is 22.1 Å². The van der Waals surface area contributed by atoms with Crippen LogP contribution in [0.4, 0.5) is 0 Å². The molecule has 1 aromatic heterocycles. The third-order valence-corrected chi connectivity index (χ3v) is 3.50. The molecule has 1 atom stereocenters. The Balaban J connectivity index is 1.73. The monoisotopic (exact) mass is 301 g/mol. The van der Waals surface area contributed by atoms with E-state index in [9.17, 15) is 14.4 Å².